The van der Waals surface area contributed by atoms with E-state index in [2.05, 4.69) is 32.8 Å². The molecule has 3 rings (SSSR count). The average molecular weight is 336 g/mol. The van der Waals surface area contributed by atoms with Crippen LogP contribution in [0, 0.1) is 34.5 Å². The van der Waals surface area contributed by atoms with Crippen LogP contribution in [0.1, 0.15) is 58.8 Å². The normalized spacial score (nSPS) is 49.2. The molecule has 3 nitrogen and oxygen atoms in total. The molecule has 0 aromatic heterocycles. The molecule has 3 saturated carbocycles. The highest BCUT2D eigenvalue weighted by Crippen LogP contribution is 2.63. The van der Waals surface area contributed by atoms with Crippen LogP contribution >= 0.6 is 0 Å². The number of allylic oxidation sites excluding steroid dienone is 1. The molecular formula is C21H37NO2. The van der Waals surface area contributed by atoms with Gasteiger partial charge in [-0.3, -0.25) is 0 Å². The van der Waals surface area contributed by atoms with Crippen molar-refractivity contribution in [2.24, 2.45) is 34.5 Å². The van der Waals surface area contributed by atoms with Crippen molar-refractivity contribution < 1.29 is 10.2 Å². The largest absolute Gasteiger partial charge is 0.396 e. The Balaban J connectivity index is 1.90. The molecule has 3 aliphatic carbocycles. The van der Waals surface area contributed by atoms with Crippen molar-refractivity contribution in [3.05, 3.63) is 12.2 Å². The standard InChI is InChI=1S/C21H37NO2/c1-14-5-6-18-17(12-22-4)19(8-10-20(14,18)2)21(3)9-7-16(24)11-15(21)13-23/h15-19,22-24H,1,5-13H2,2-4H3/t15-,16+,17+,18+,19+,20-,21+/m1/s1. The highest BCUT2D eigenvalue weighted by atomic mass is 16.3. The molecule has 0 aromatic carbocycles. The second-order valence-electron chi connectivity index (χ2n) is 9.35. The molecule has 7 atom stereocenters. The summed E-state index contributed by atoms with van der Waals surface area (Å²) in [6.45, 7) is 10.5. The van der Waals surface area contributed by atoms with Crippen LogP contribution in [-0.4, -0.2) is 36.5 Å². The summed E-state index contributed by atoms with van der Waals surface area (Å²) in [5, 5.41) is 23.6. The van der Waals surface area contributed by atoms with Gasteiger partial charge in [-0.2, -0.15) is 0 Å². The third kappa shape index (κ3) is 2.77. The molecule has 0 aliphatic heterocycles. The summed E-state index contributed by atoms with van der Waals surface area (Å²) in [4.78, 5) is 0. The predicted octanol–water partition coefficient (Wildman–Crippen LogP) is 3.36. The fourth-order valence-electron chi connectivity index (χ4n) is 6.70. The van der Waals surface area contributed by atoms with Gasteiger partial charge in [-0.25, -0.2) is 0 Å². The predicted molar refractivity (Wildman–Crippen MR) is 98.7 cm³/mol. The van der Waals surface area contributed by atoms with Gasteiger partial charge in [-0.1, -0.05) is 26.0 Å². The zero-order valence-electron chi connectivity index (χ0n) is 15.9. The van der Waals surface area contributed by atoms with Gasteiger partial charge >= 0.3 is 0 Å². The molecule has 0 amide bonds. The van der Waals surface area contributed by atoms with Gasteiger partial charge in [0.05, 0.1) is 6.10 Å². The Morgan fingerprint density at radius 2 is 1.92 bits per heavy atom. The van der Waals surface area contributed by atoms with Crippen LogP contribution < -0.4 is 5.32 Å². The molecule has 0 radical (unpaired) electrons. The first-order valence-corrected chi connectivity index (χ1v) is 9.98. The van der Waals surface area contributed by atoms with Gasteiger partial charge in [-0.15, -0.1) is 0 Å². The number of hydrogen-bond acceptors (Lipinski definition) is 3. The lowest BCUT2D eigenvalue weighted by Gasteiger charge is -2.56. The maximum atomic E-state index is 10.1. The Bertz CT molecular complexity index is 478. The van der Waals surface area contributed by atoms with Crippen molar-refractivity contribution in [1.29, 1.82) is 0 Å². The highest BCUT2D eigenvalue weighted by molar-refractivity contribution is 5.21. The Morgan fingerprint density at radius 1 is 1.17 bits per heavy atom. The molecular weight excluding hydrogens is 298 g/mol. The molecule has 138 valence electrons. The zero-order chi connectivity index (χ0) is 17.5. The van der Waals surface area contributed by atoms with E-state index in [1.165, 1.54) is 31.3 Å². The van der Waals surface area contributed by atoms with Crippen LogP contribution in [0.15, 0.2) is 12.2 Å². The highest BCUT2D eigenvalue weighted by Gasteiger charge is 2.56. The first kappa shape index (κ1) is 18.4. The fraction of sp³-hybridized carbons (Fsp3) is 0.905. The third-order valence-corrected chi connectivity index (χ3v) is 8.40. The molecule has 3 fully saturated rings. The van der Waals surface area contributed by atoms with Crippen LogP contribution in [0.3, 0.4) is 0 Å². The number of hydrogen-bond donors (Lipinski definition) is 3. The van der Waals surface area contributed by atoms with Crippen molar-refractivity contribution in [3.63, 3.8) is 0 Å². The molecule has 24 heavy (non-hydrogen) atoms. The lowest BCUT2D eigenvalue weighted by atomic mass is 9.49. The molecule has 3 aliphatic rings. The second kappa shape index (κ2) is 6.74. The van der Waals surface area contributed by atoms with Crippen LogP contribution in [0.5, 0.6) is 0 Å². The van der Waals surface area contributed by atoms with Crippen LogP contribution in [0.25, 0.3) is 0 Å². The Kier molecular flexibility index (Phi) is 5.17. The number of rotatable bonds is 4. The van der Waals surface area contributed by atoms with E-state index < -0.39 is 0 Å². The summed E-state index contributed by atoms with van der Waals surface area (Å²) in [7, 11) is 2.07. The van der Waals surface area contributed by atoms with Crippen LogP contribution in [0.2, 0.25) is 0 Å². The van der Waals surface area contributed by atoms with E-state index in [4.69, 9.17) is 0 Å². The summed E-state index contributed by atoms with van der Waals surface area (Å²) in [6.07, 6.45) is 7.44. The lowest BCUT2D eigenvalue weighted by molar-refractivity contribution is -0.0929. The monoisotopic (exact) mass is 335 g/mol. The molecule has 0 saturated heterocycles. The number of nitrogens with one attached hydrogen (secondary N) is 1. The summed E-state index contributed by atoms with van der Waals surface area (Å²) >= 11 is 0. The summed E-state index contributed by atoms with van der Waals surface area (Å²) in [6, 6.07) is 0. The van der Waals surface area contributed by atoms with Gasteiger partial charge in [0, 0.05) is 6.61 Å². The molecule has 3 N–H and O–H groups in total. The maximum Gasteiger partial charge on any atom is 0.0544 e. The number of aliphatic hydroxyl groups is 2. The smallest absolute Gasteiger partial charge is 0.0544 e. The lowest BCUT2D eigenvalue weighted by Crippen LogP contribution is -2.53. The Hall–Kier alpha value is -0.380. The van der Waals surface area contributed by atoms with E-state index in [-0.39, 0.29) is 24.0 Å². The fourth-order valence-corrected chi connectivity index (χ4v) is 6.70. The Morgan fingerprint density at radius 3 is 2.58 bits per heavy atom. The van der Waals surface area contributed by atoms with Crippen LogP contribution in [0.4, 0.5) is 0 Å². The van der Waals surface area contributed by atoms with Crippen molar-refractivity contribution in [3.8, 4) is 0 Å². The number of fused-ring (bicyclic) bond motifs is 1. The molecule has 0 aromatic rings. The van der Waals surface area contributed by atoms with Gasteiger partial charge in [0.25, 0.3) is 0 Å². The average Bonchev–Trinajstić information content (AvgIpc) is 2.86. The molecule has 0 heterocycles. The molecule has 0 unspecified atom stereocenters. The van der Waals surface area contributed by atoms with Crippen molar-refractivity contribution in [2.45, 2.75) is 64.9 Å². The minimum Gasteiger partial charge on any atom is -0.396 e. The van der Waals surface area contributed by atoms with Crippen molar-refractivity contribution in [2.75, 3.05) is 20.2 Å². The summed E-state index contributed by atoms with van der Waals surface area (Å²) in [5.41, 5.74) is 1.94. The minimum atomic E-state index is -0.224. The van der Waals surface area contributed by atoms with E-state index in [1.807, 2.05) is 0 Å². The van der Waals surface area contributed by atoms with E-state index in [0.717, 1.165) is 31.7 Å². The Labute approximate surface area is 147 Å². The molecule has 0 bridgehead atoms. The quantitative estimate of drug-likeness (QED) is 0.691. The van der Waals surface area contributed by atoms with Gasteiger partial charge in [0.1, 0.15) is 0 Å². The first-order valence-electron chi connectivity index (χ1n) is 9.98. The number of aliphatic hydroxyl groups excluding tert-OH is 2. The van der Waals surface area contributed by atoms with Crippen LogP contribution in [-0.2, 0) is 0 Å². The van der Waals surface area contributed by atoms with Gasteiger partial charge in [0.2, 0.25) is 0 Å². The molecule has 0 spiro atoms. The topological polar surface area (TPSA) is 52.5 Å². The van der Waals surface area contributed by atoms with E-state index in [9.17, 15) is 10.2 Å². The van der Waals surface area contributed by atoms with Crippen molar-refractivity contribution >= 4 is 0 Å². The third-order valence-electron chi connectivity index (χ3n) is 8.40. The van der Waals surface area contributed by atoms with E-state index >= 15 is 0 Å². The van der Waals surface area contributed by atoms with Gasteiger partial charge in [0.15, 0.2) is 0 Å². The zero-order valence-corrected chi connectivity index (χ0v) is 15.9. The summed E-state index contributed by atoms with van der Waals surface area (Å²) < 4.78 is 0. The van der Waals surface area contributed by atoms with Gasteiger partial charge in [-0.05, 0) is 93.0 Å². The second-order valence-corrected chi connectivity index (χ2v) is 9.35. The molecule has 3 heteroatoms. The van der Waals surface area contributed by atoms with E-state index in [1.54, 1.807) is 0 Å². The van der Waals surface area contributed by atoms with Gasteiger partial charge < -0.3 is 15.5 Å². The first-order chi connectivity index (χ1) is 11.4. The maximum absolute atomic E-state index is 10.1. The van der Waals surface area contributed by atoms with E-state index in [0.29, 0.717) is 17.3 Å². The minimum absolute atomic E-state index is 0.154. The SMILES string of the molecule is C=C1CC[C@H]2[C@H](CNC)[C@@H]([C@@]3(C)CC[C@H](O)C[C@@H]3CO)CC[C@]12C. The van der Waals surface area contributed by atoms with Crippen molar-refractivity contribution in [1.82, 2.24) is 5.32 Å². The summed E-state index contributed by atoms with van der Waals surface area (Å²) in [5.74, 6) is 2.25.